The standard InChI is InChI=1S/C21H23N5O/c1-2-14(12-22-6-1)13-25-21-20-18(23-7-8-24-20)11-17(26-21)15-3-4-19-16(10-15)5-9-27-19/h3-4,7-8,10-11,14,22H,1-2,5-6,9,12-13H2,(H,25,26)/t14-/m0/s1. The van der Waals surface area contributed by atoms with Gasteiger partial charge in [0.05, 0.1) is 17.8 Å². The molecule has 2 N–H and O–H groups in total. The Kier molecular flexibility index (Phi) is 4.33. The number of fused-ring (bicyclic) bond motifs is 2. The molecule has 0 amide bonds. The van der Waals surface area contributed by atoms with Gasteiger partial charge in [0.15, 0.2) is 5.82 Å². The molecular weight excluding hydrogens is 338 g/mol. The summed E-state index contributed by atoms with van der Waals surface area (Å²) in [6.45, 7) is 3.84. The number of rotatable bonds is 4. The van der Waals surface area contributed by atoms with Crippen molar-refractivity contribution in [2.45, 2.75) is 19.3 Å². The molecule has 0 bridgehead atoms. The second kappa shape index (κ2) is 7.12. The largest absolute Gasteiger partial charge is 0.493 e. The van der Waals surface area contributed by atoms with E-state index in [1.807, 2.05) is 12.1 Å². The van der Waals surface area contributed by atoms with E-state index in [2.05, 4.69) is 32.7 Å². The zero-order chi connectivity index (χ0) is 18.1. The number of piperidine rings is 1. The van der Waals surface area contributed by atoms with Gasteiger partial charge in [-0.25, -0.2) is 9.97 Å². The van der Waals surface area contributed by atoms with E-state index >= 15 is 0 Å². The second-order valence-corrected chi connectivity index (χ2v) is 7.29. The van der Waals surface area contributed by atoms with Gasteiger partial charge in [0.1, 0.15) is 11.3 Å². The Bertz CT molecular complexity index is 968. The zero-order valence-corrected chi connectivity index (χ0v) is 15.2. The predicted molar refractivity (Wildman–Crippen MR) is 106 cm³/mol. The average molecular weight is 361 g/mol. The fourth-order valence-electron chi connectivity index (χ4n) is 3.93. The smallest absolute Gasteiger partial charge is 0.154 e. The van der Waals surface area contributed by atoms with E-state index in [9.17, 15) is 0 Å². The van der Waals surface area contributed by atoms with E-state index in [0.717, 1.165) is 66.5 Å². The molecule has 1 aromatic carbocycles. The molecule has 2 aliphatic heterocycles. The minimum absolute atomic E-state index is 0.619. The lowest BCUT2D eigenvalue weighted by Crippen LogP contribution is -2.33. The summed E-state index contributed by atoms with van der Waals surface area (Å²) < 4.78 is 5.63. The normalized spacial score (nSPS) is 18.9. The van der Waals surface area contributed by atoms with Gasteiger partial charge in [-0.15, -0.1) is 0 Å². The molecule has 0 saturated carbocycles. The van der Waals surface area contributed by atoms with E-state index in [1.165, 1.54) is 18.4 Å². The predicted octanol–water partition coefficient (Wildman–Crippen LogP) is 3.04. The molecule has 3 aromatic rings. The lowest BCUT2D eigenvalue weighted by molar-refractivity contribution is 0.357. The summed E-state index contributed by atoms with van der Waals surface area (Å²) >= 11 is 0. The van der Waals surface area contributed by atoms with Crippen LogP contribution in [0.15, 0.2) is 36.7 Å². The summed E-state index contributed by atoms with van der Waals surface area (Å²) in [6.07, 6.45) is 6.89. The van der Waals surface area contributed by atoms with Crippen LogP contribution < -0.4 is 15.4 Å². The quantitative estimate of drug-likeness (QED) is 0.744. The third-order valence-corrected chi connectivity index (χ3v) is 5.40. The number of hydrogen-bond acceptors (Lipinski definition) is 6. The molecule has 6 heteroatoms. The van der Waals surface area contributed by atoms with Gasteiger partial charge in [-0.05, 0) is 61.7 Å². The van der Waals surface area contributed by atoms with Crippen LogP contribution in [0.25, 0.3) is 22.3 Å². The fraction of sp³-hybridized carbons (Fsp3) is 0.381. The van der Waals surface area contributed by atoms with Crippen molar-refractivity contribution < 1.29 is 4.74 Å². The van der Waals surface area contributed by atoms with Gasteiger partial charge >= 0.3 is 0 Å². The van der Waals surface area contributed by atoms with E-state index in [1.54, 1.807) is 12.4 Å². The molecule has 138 valence electrons. The number of nitrogens with one attached hydrogen (secondary N) is 2. The lowest BCUT2D eigenvalue weighted by atomic mass is 10.00. The SMILES string of the molecule is c1cnc2c(NC[C@H]3CCCNC3)nc(-c3ccc4c(c3)CCO4)cc2n1. The third kappa shape index (κ3) is 3.32. The molecule has 5 rings (SSSR count). The monoisotopic (exact) mass is 361 g/mol. The molecule has 4 heterocycles. The van der Waals surface area contributed by atoms with Crippen molar-refractivity contribution in [1.82, 2.24) is 20.3 Å². The molecule has 0 unspecified atom stereocenters. The Morgan fingerprint density at radius 3 is 3.07 bits per heavy atom. The molecule has 27 heavy (non-hydrogen) atoms. The number of nitrogens with zero attached hydrogens (tertiary/aromatic N) is 3. The number of pyridine rings is 1. The van der Waals surface area contributed by atoms with Crippen LogP contribution in [0.5, 0.6) is 5.75 Å². The van der Waals surface area contributed by atoms with Gasteiger partial charge < -0.3 is 15.4 Å². The first-order valence-electron chi connectivity index (χ1n) is 9.69. The van der Waals surface area contributed by atoms with Crippen LogP contribution in [0.1, 0.15) is 18.4 Å². The van der Waals surface area contributed by atoms with Gasteiger partial charge in [0.25, 0.3) is 0 Å². The van der Waals surface area contributed by atoms with Crippen molar-refractivity contribution in [2.24, 2.45) is 5.92 Å². The average Bonchev–Trinajstić information content (AvgIpc) is 3.20. The summed E-state index contributed by atoms with van der Waals surface area (Å²) in [5.41, 5.74) is 4.95. The maximum atomic E-state index is 5.63. The van der Waals surface area contributed by atoms with Crippen LogP contribution in [0.2, 0.25) is 0 Å². The van der Waals surface area contributed by atoms with Crippen molar-refractivity contribution in [3.63, 3.8) is 0 Å². The number of benzene rings is 1. The van der Waals surface area contributed by atoms with E-state index in [4.69, 9.17) is 9.72 Å². The minimum Gasteiger partial charge on any atom is -0.493 e. The number of hydrogen-bond donors (Lipinski definition) is 2. The molecule has 0 radical (unpaired) electrons. The van der Waals surface area contributed by atoms with Crippen LogP contribution in [-0.4, -0.2) is 41.2 Å². The molecule has 0 aliphatic carbocycles. The number of anilines is 1. The zero-order valence-electron chi connectivity index (χ0n) is 15.2. The molecule has 1 fully saturated rings. The number of ether oxygens (including phenoxy) is 1. The molecular formula is C21H23N5O. The lowest BCUT2D eigenvalue weighted by Gasteiger charge is -2.23. The van der Waals surface area contributed by atoms with Gasteiger partial charge in [0.2, 0.25) is 0 Å². The molecule has 1 saturated heterocycles. The Balaban J connectivity index is 1.49. The van der Waals surface area contributed by atoms with Crippen molar-refractivity contribution in [3.8, 4) is 17.0 Å². The van der Waals surface area contributed by atoms with Crippen molar-refractivity contribution in [3.05, 3.63) is 42.2 Å². The summed E-state index contributed by atoms with van der Waals surface area (Å²) in [4.78, 5) is 13.9. The maximum absolute atomic E-state index is 5.63. The van der Waals surface area contributed by atoms with E-state index in [-0.39, 0.29) is 0 Å². The molecule has 6 nitrogen and oxygen atoms in total. The van der Waals surface area contributed by atoms with Crippen LogP contribution in [0.3, 0.4) is 0 Å². The van der Waals surface area contributed by atoms with Gasteiger partial charge in [-0.2, -0.15) is 0 Å². The Morgan fingerprint density at radius 2 is 2.15 bits per heavy atom. The van der Waals surface area contributed by atoms with Gasteiger partial charge in [-0.3, -0.25) is 4.98 Å². The van der Waals surface area contributed by atoms with Crippen molar-refractivity contribution in [1.29, 1.82) is 0 Å². The summed E-state index contributed by atoms with van der Waals surface area (Å²) in [6, 6.07) is 8.32. The van der Waals surface area contributed by atoms with Crippen LogP contribution in [0.4, 0.5) is 5.82 Å². The Labute approximate surface area is 158 Å². The molecule has 2 aromatic heterocycles. The third-order valence-electron chi connectivity index (χ3n) is 5.40. The highest BCUT2D eigenvalue weighted by molar-refractivity contribution is 5.88. The highest BCUT2D eigenvalue weighted by Crippen LogP contribution is 2.32. The molecule has 0 spiro atoms. The first-order valence-corrected chi connectivity index (χ1v) is 9.69. The maximum Gasteiger partial charge on any atom is 0.154 e. The van der Waals surface area contributed by atoms with Crippen LogP contribution in [-0.2, 0) is 6.42 Å². The Hall–Kier alpha value is -2.73. The summed E-state index contributed by atoms with van der Waals surface area (Å²) in [7, 11) is 0. The Morgan fingerprint density at radius 1 is 1.19 bits per heavy atom. The van der Waals surface area contributed by atoms with Gasteiger partial charge in [-0.1, -0.05) is 0 Å². The highest BCUT2D eigenvalue weighted by Gasteiger charge is 2.17. The van der Waals surface area contributed by atoms with Crippen LogP contribution >= 0.6 is 0 Å². The van der Waals surface area contributed by atoms with Crippen LogP contribution in [0, 0.1) is 5.92 Å². The highest BCUT2D eigenvalue weighted by atomic mass is 16.5. The molecule has 2 aliphatic rings. The van der Waals surface area contributed by atoms with Crippen molar-refractivity contribution >= 4 is 16.9 Å². The first kappa shape index (κ1) is 16.4. The van der Waals surface area contributed by atoms with E-state index < -0.39 is 0 Å². The minimum atomic E-state index is 0.619. The first-order chi connectivity index (χ1) is 13.4. The summed E-state index contributed by atoms with van der Waals surface area (Å²) in [5, 5.41) is 7.01. The van der Waals surface area contributed by atoms with Gasteiger partial charge in [0, 0.05) is 30.9 Å². The topological polar surface area (TPSA) is 72.0 Å². The fourth-order valence-corrected chi connectivity index (χ4v) is 3.93. The van der Waals surface area contributed by atoms with Crippen molar-refractivity contribution in [2.75, 3.05) is 31.6 Å². The number of aromatic nitrogens is 3. The summed E-state index contributed by atoms with van der Waals surface area (Å²) in [5.74, 6) is 2.42. The van der Waals surface area contributed by atoms with E-state index in [0.29, 0.717) is 5.92 Å². The second-order valence-electron chi connectivity index (χ2n) is 7.29. The molecule has 1 atom stereocenters.